The Labute approximate surface area is 124 Å². The molecule has 0 saturated heterocycles. The summed E-state index contributed by atoms with van der Waals surface area (Å²) in [7, 11) is 0. The number of rotatable bonds is 2. The van der Waals surface area contributed by atoms with Crippen molar-refractivity contribution in [3.05, 3.63) is 44.4 Å². The lowest BCUT2D eigenvalue weighted by Crippen LogP contribution is -1.99. The number of nitrogen functional groups attached to an aromatic ring is 1. The molecule has 0 radical (unpaired) electrons. The van der Waals surface area contributed by atoms with Crippen LogP contribution in [0.25, 0.3) is 0 Å². The van der Waals surface area contributed by atoms with E-state index in [1.807, 2.05) is 0 Å². The van der Waals surface area contributed by atoms with Gasteiger partial charge in [0.05, 0.1) is 25.8 Å². The first-order valence-corrected chi connectivity index (χ1v) is 6.33. The van der Waals surface area contributed by atoms with Crippen molar-refractivity contribution in [1.29, 1.82) is 0 Å². The van der Waals surface area contributed by atoms with Crippen LogP contribution in [0.3, 0.4) is 0 Å². The van der Waals surface area contributed by atoms with Crippen LogP contribution in [0.2, 0.25) is 20.1 Å². The highest BCUT2D eigenvalue weighted by molar-refractivity contribution is 6.44. The Morgan fingerprint density at radius 3 is 2.44 bits per heavy atom. The van der Waals surface area contributed by atoms with Gasteiger partial charge in [-0.2, -0.15) is 0 Å². The molecule has 3 N–H and O–H groups in total. The van der Waals surface area contributed by atoms with Crippen LogP contribution < -0.4 is 11.1 Å². The van der Waals surface area contributed by atoms with E-state index in [4.69, 9.17) is 52.1 Å². The largest absolute Gasteiger partial charge is 0.382 e. The predicted molar refractivity (Wildman–Crippen MR) is 78.4 cm³/mol. The second-order valence-electron chi connectivity index (χ2n) is 3.41. The molecule has 0 aliphatic heterocycles. The molecule has 0 spiro atoms. The SMILES string of the molecule is Nc1nc(Nc2cccc(Cl)c2Cl)c(Cl)cc1Cl. The van der Waals surface area contributed by atoms with Crippen molar-refractivity contribution in [2.45, 2.75) is 0 Å². The fourth-order valence-corrected chi connectivity index (χ4v) is 2.05. The maximum Gasteiger partial charge on any atom is 0.151 e. The van der Waals surface area contributed by atoms with Gasteiger partial charge in [0.2, 0.25) is 0 Å². The molecule has 0 aliphatic carbocycles. The summed E-state index contributed by atoms with van der Waals surface area (Å²) >= 11 is 23.8. The third kappa shape index (κ3) is 2.75. The van der Waals surface area contributed by atoms with Crippen molar-refractivity contribution in [2.24, 2.45) is 0 Å². The zero-order valence-electron chi connectivity index (χ0n) is 8.85. The number of hydrogen-bond acceptors (Lipinski definition) is 3. The Morgan fingerprint density at radius 2 is 1.72 bits per heavy atom. The van der Waals surface area contributed by atoms with Gasteiger partial charge >= 0.3 is 0 Å². The standard InChI is InChI=1S/C11H7Cl4N3/c12-5-2-1-3-8(9(5)15)17-11-7(14)4-6(13)10(16)18-11/h1-4H,(H3,16,17,18). The maximum absolute atomic E-state index is 6.04. The van der Waals surface area contributed by atoms with Crippen molar-refractivity contribution < 1.29 is 0 Å². The van der Waals surface area contributed by atoms with Crippen molar-refractivity contribution >= 4 is 63.7 Å². The molecule has 0 aliphatic rings. The number of aromatic nitrogens is 1. The van der Waals surface area contributed by atoms with E-state index in [1.165, 1.54) is 6.07 Å². The van der Waals surface area contributed by atoms with Gasteiger partial charge in [0.25, 0.3) is 0 Å². The second-order valence-corrected chi connectivity index (χ2v) is 5.01. The molecule has 1 aromatic carbocycles. The summed E-state index contributed by atoms with van der Waals surface area (Å²) in [6, 6.07) is 6.69. The molecule has 3 nitrogen and oxygen atoms in total. The van der Waals surface area contributed by atoms with Crippen LogP contribution in [-0.2, 0) is 0 Å². The van der Waals surface area contributed by atoms with Crippen LogP contribution >= 0.6 is 46.4 Å². The van der Waals surface area contributed by atoms with Crippen LogP contribution in [0, 0.1) is 0 Å². The fourth-order valence-electron chi connectivity index (χ4n) is 1.30. The summed E-state index contributed by atoms with van der Waals surface area (Å²) in [4.78, 5) is 4.04. The Morgan fingerprint density at radius 1 is 1.00 bits per heavy atom. The lowest BCUT2D eigenvalue weighted by Gasteiger charge is -2.11. The van der Waals surface area contributed by atoms with Crippen LogP contribution in [0.4, 0.5) is 17.3 Å². The minimum Gasteiger partial charge on any atom is -0.382 e. The van der Waals surface area contributed by atoms with Crippen LogP contribution in [0.15, 0.2) is 24.3 Å². The highest BCUT2D eigenvalue weighted by Crippen LogP contribution is 2.34. The Balaban J connectivity index is 2.40. The number of benzene rings is 1. The Hall–Kier alpha value is -0.870. The zero-order valence-corrected chi connectivity index (χ0v) is 11.9. The molecule has 0 bridgehead atoms. The first kappa shape index (κ1) is 13.6. The van der Waals surface area contributed by atoms with E-state index in [0.717, 1.165) is 0 Å². The van der Waals surface area contributed by atoms with E-state index in [0.29, 0.717) is 31.6 Å². The zero-order chi connectivity index (χ0) is 13.3. The first-order chi connectivity index (χ1) is 8.49. The van der Waals surface area contributed by atoms with Crippen molar-refractivity contribution in [3.8, 4) is 0 Å². The van der Waals surface area contributed by atoms with Gasteiger partial charge in [-0.05, 0) is 18.2 Å². The van der Waals surface area contributed by atoms with Gasteiger partial charge in [-0.15, -0.1) is 0 Å². The molecule has 7 heteroatoms. The Bertz CT molecular complexity index is 601. The van der Waals surface area contributed by atoms with Crippen molar-refractivity contribution in [3.63, 3.8) is 0 Å². The predicted octanol–water partition coefficient (Wildman–Crippen LogP) is 5.02. The van der Waals surface area contributed by atoms with Gasteiger partial charge in [0.1, 0.15) is 5.82 Å². The number of nitrogens with zero attached hydrogens (tertiary/aromatic N) is 1. The highest BCUT2D eigenvalue weighted by Gasteiger charge is 2.10. The first-order valence-electron chi connectivity index (χ1n) is 4.81. The van der Waals surface area contributed by atoms with E-state index in [2.05, 4.69) is 10.3 Å². The molecule has 0 unspecified atom stereocenters. The summed E-state index contributed by atoms with van der Waals surface area (Å²) in [5, 5.41) is 4.39. The van der Waals surface area contributed by atoms with Crippen molar-refractivity contribution in [1.82, 2.24) is 4.98 Å². The average molecular weight is 323 g/mol. The quantitative estimate of drug-likeness (QED) is 0.816. The minimum atomic E-state index is 0.182. The molecular formula is C11H7Cl4N3. The van der Waals surface area contributed by atoms with Gasteiger partial charge < -0.3 is 11.1 Å². The summed E-state index contributed by atoms with van der Waals surface area (Å²) in [5.41, 5.74) is 6.19. The fraction of sp³-hybridized carbons (Fsp3) is 0. The maximum atomic E-state index is 6.04. The molecule has 0 atom stereocenters. The van der Waals surface area contributed by atoms with Gasteiger partial charge in [0.15, 0.2) is 5.82 Å². The van der Waals surface area contributed by atoms with E-state index < -0.39 is 0 Å². The lowest BCUT2D eigenvalue weighted by molar-refractivity contribution is 1.31. The number of pyridine rings is 1. The molecule has 2 aromatic rings. The molecular weight excluding hydrogens is 316 g/mol. The molecule has 2 rings (SSSR count). The van der Waals surface area contributed by atoms with E-state index in [9.17, 15) is 0 Å². The van der Waals surface area contributed by atoms with E-state index in [1.54, 1.807) is 18.2 Å². The molecule has 1 aromatic heterocycles. The minimum absolute atomic E-state index is 0.182. The number of nitrogens with two attached hydrogens (primary N) is 1. The summed E-state index contributed by atoms with van der Waals surface area (Å²) in [5.74, 6) is 0.546. The molecule has 94 valence electrons. The highest BCUT2D eigenvalue weighted by atomic mass is 35.5. The average Bonchev–Trinajstić information content (AvgIpc) is 2.32. The second kappa shape index (κ2) is 5.41. The van der Waals surface area contributed by atoms with E-state index >= 15 is 0 Å². The summed E-state index contributed by atoms with van der Waals surface area (Å²) in [6.45, 7) is 0. The van der Waals surface area contributed by atoms with Gasteiger partial charge in [0, 0.05) is 0 Å². The third-order valence-electron chi connectivity index (χ3n) is 2.16. The van der Waals surface area contributed by atoms with Crippen molar-refractivity contribution in [2.75, 3.05) is 11.1 Å². The molecule has 0 fully saturated rings. The summed E-state index contributed by atoms with van der Waals surface area (Å²) < 4.78 is 0. The molecule has 18 heavy (non-hydrogen) atoms. The van der Waals surface area contributed by atoms with E-state index in [-0.39, 0.29) is 5.82 Å². The van der Waals surface area contributed by atoms with Crippen LogP contribution in [-0.4, -0.2) is 4.98 Å². The third-order valence-corrected chi connectivity index (χ3v) is 3.57. The number of halogens is 4. The van der Waals surface area contributed by atoms with Gasteiger partial charge in [-0.3, -0.25) is 0 Å². The molecule has 0 saturated carbocycles. The smallest absolute Gasteiger partial charge is 0.151 e. The monoisotopic (exact) mass is 321 g/mol. The molecule has 0 amide bonds. The Kier molecular flexibility index (Phi) is 4.07. The van der Waals surface area contributed by atoms with Crippen LogP contribution in [0.5, 0.6) is 0 Å². The summed E-state index contributed by atoms with van der Waals surface area (Å²) in [6.07, 6.45) is 0. The number of anilines is 3. The van der Waals surface area contributed by atoms with Crippen LogP contribution in [0.1, 0.15) is 0 Å². The topological polar surface area (TPSA) is 50.9 Å². The lowest BCUT2D eigenvalue weighted by atomic mass is 10.3. The molecule has 1 heterocycles. The van der Waals surface area contributed by atoms with Gasteiger partial charge in [-0.1, -0.05) is 52.5 Å². The van der Waals surface area contributed by atoms with Gasteiger partial charge in [-0.25, -0.2) is 4.98 Å². The number of hydrogen-bond donors (Lipinski definition) is 2. The normalized spacial score (nSPS) is 10.4. The number of nitrogens with one attached hydrogen (secondary N) is 1.